The first kappa shape index (κ1) is 9.12. The first-order valence-corrected chi connectivity index (χ1v) is 4.75. The van der Waals surface area contributed by atoms with Crippen LogP contribution in [-0.2, 0) is 0 Å². The van der Waals surface area contributed by atoms with Gasteiger partial charge in [-0.15, -0.1) is 0 Å². The number of rotatable bonds is 3. The van der Waals surface area contributed by atoms with E-state index in [-0.39, 0.29) is 0 Å². The van der Waals surface area contributed by atoms with Gasteiger partial charge >= 0.3 is 0 Å². The smallest absolute Gasteiger partial charge is 0.215 e. The van der Waals surface area contributed by atoms with E-state index in [9.17, 15) is 0 Å². The van der Waals surface area contributed by atoms with E-state index in [2.05, 4.69) is 9.88 Å². The monoisotopic (exact) mass is 193 g/mol. The second-order valence-electron chi connectivity index (χ2n) is 3.61. The van der Waals surface area contributed by atoms with Gasteiger partial charge in [0.25, 0.3) is 0 Å². The molecule has 0 atom stereocenters. The van der Waals surface area contributed by atoms with Crippen LogP contribution >= 0.6 is 0 Å². The molecule has 1 aliphatic carbocycles. The van der Waals surface area contributed by atoms with E-state index in [0.29, 0.717) is 17.6 Å². The molecule has 2 N–H and O–H groups in total. The molecule has 1 fully saturated rings. The molecule has 0 aliphatic heterocycles. The average molecular weight is 193 g/mol. The molecule has 2 rings (SSSR count). The number of anilines is 2. The zero-order chi connectivity index (χ0) is 10.1. The summed E-state index contributed by atoms with van der Waals surface area (Å²) in [6, 6.07) is 4.22. The Morgan fingerprint density at radius 2 is 2.21 bits per heavy atom. The van der Waals surface area contributed by atoms with Crippen molar-refractivity contribution in [3.63, 3.8) is 0 Å². The molecule has 4 heteroatoms. The Morgan fingerprint density at radius 1 is 1.50 bits per heavy atom. The van der Waals surface area contributed by atoms with Gasteiger partial charge in [-0.25, -0.2) is 0 Å². The van der Waals surface area contributed by atoms with Crippen LogP contribution in [0.25, 0.3) is 0 Å². The Kier molecular flexibility index (Phi) is 2.19. The topological polar surface area (TPSA) is 51.4 Å². The lowest BCUT2D eigenvalue weighted by Gasteiger charge is -2.19. The van der Waals surface area contributed by atoms with Crippen molar-refractivity contribution in [3.05, 3.63) is 12.1 Å². The number of hydrogen-bond acceptors (Lipinski definition) is 4. The van der Waals surface area contributed by atoms with Crippen molar-refractivity contribution < 1.29 is 4.74 Å². The van der Waals surface area contributed by atoms with Crippen LogP contribution in [0.2, 0.25) is 0 Å². The Balaban J connectivity index is 2.29. The van der Waals surface area contributed by atoms with Gasteiger partial charge in [0.1, 0.15) is 0 Å². The molecule has 0 saturated heterocycles. The highest BCUT2D eigenvalue weighted by Gasteiger charge is 2.28. The molecule has 4 nitrogen and oxygen atoms in total. The molecule has 14 heavy (non-hydrogen) atoms. The molecule has 0 amide bonds. The van der Waals surface area contributed by atoms with Gasteiger partial charge in [-0.1, -0.05) is 0 Å². The third-order valence-electron chi connectivity index (χ3n) is 2.52. The number of nitrogen functional groups attached to an aromatic ring is 1. The molecule has 0 spiro atoms. The van der Waals surface area contributed by atoms with Crippen LogP contribution in [-0.4, -0.2) is 25.2 Å². The fraction of sp³-hybridized carbons (Fsp3) is 0.500. The lowest BCUT2D eigenvalue weighted by molar-refractivity contribution is 0.398. The first-order chi connectivity index (χ1) is 6.72. The van der Waals surface area contributed by atoms with Gasteiger partial charge in [-0.05, 0) is 18.9 Å². The number of nitrogens with two attached hydrogens (primary N) is 1. The molecule has 1 aromatic rings. The number of nitrogens with zero attached hydrogens (tertiary/aromatic N) is 2. The quantitative estimate of drug-likeness (QED) is 0.785. The summed E-state index contributed by atoms with van der Waals surface area (Å²) in [5.41, 5.74) is 6.56. The summed E-state index contributed by atoms with van der Waals surface area (Å²) in [4.78, 5) is 6.45. The molecular formula is C10H15N3O. The minimum atomic E-state index is 0.608. The van der Waals surface area contributed by atoms with E-state index in [0.717, 1.165) is 5.82 Å². The van der Waals surface area contributed by atoms with Gasteiger partial charge in [0.05, 0.1) is 12.8 Å². The maximum absolute atomic E-state index is 5.85. The van der Waals surface area contributed by atoms with E-state index in [1.807, 2.05) is 13.1 Å². The minimum Gasteiger partial charge on any atom is -0.481 e. The van der Waals surface area contributed by atoms with Gasteiger partial charge in [-0.3, -0.25) is 0 Å². The first-order valence-electron chi connectivity index (χ1n) is 4.75. The summed E-state index contributed by atoms with van der Waals surface area (Å²) in [7, 11) is 3.63. The normalized spacial score (nSPS) is 15.3. The highest BCUT2D eigenvalue weighted by molar-refractivity contribution is 5.64. The summed E-state index contributed by atoms with van der Waals surface area (Å²) in [5.74, 6) is 1.44. The standard InChI is InChI=1S/C10H15N3O/c1-13(7-3-4-7)10-8(11)5-6-9(12-10)14-2/h5-7H,3-4,11H2,1-2H3. The summed E-state index contributed by atoms with van der Waals surface area (Å²) in [6.07, 6.45) is 2.46. The largest absolute Gasteiger partial charge is 0.481 e. The van der Waals surface area contributed by atoms with Crippen LogP contribution in [0.1, 0.15) is 12.8 Å². The molecule has 76 valence electrons. The van der Waals surface area contributed by atoms with Crippen LogP contribution in [0.5, 0.6) is 5.88 Å². The summed E-state index contributed by atoms with van der Waals surface area (Å²) < 4.78 is 5.07. The highest BCUT2D eigenvalue weighted by Crippen LogP contribution is 2.32. The van der Waals surface area contributed by atoms with Crippen molar-refractivity contribution in [2.24, 2.45) is 0 Å². The lowest BCUT2D eigenvalue weighted by Crippen LogP contribution is -2.22. The van der Waals surface area contributed by atoms with Crippen molar-refractivity contribution in [3.8, 4) is 5.88 Å². The maximum atomic E-state index is 5.85. The van der Waals surface area contributed by atoms with Gasteiger partial charge in [0.2, 0.25) is 5.88 Å². The SMILES string of the molecule is COc1ccc(N)c(N(C)C2CC2)n1. The number of ether oxygens (including phenoxy) is 1. The Hall–Kier alpha value is -1.45. The third kappa shape index (κ3) is 1.60. The highest BCUT2D eigenvalue weighted by atomic mass is 16.5. The number of methoxy groups -OCH3 is 1. The van der Waals surface area contributed by atoms with E-state index in [4.69, 9.17) is 10.5 Å². The predicted molar refractivity (Wildman–Crippen MR) is 56.6 cm³/mol. The average Bonchev–Trinajstić information content (AvgIpc) is 3.01. The third-order valence-corrected chi connectivity index (χ3v) is 2.52. The van der Waals surface area contributed by atoms with Crippen molar-refractivity contribution in [1.29, 1.82) is 0 Å². The minimum absolute atomic E-state index is 0.608. The van der Waals surface area contributed by atoms with Crippen LogP contribution < -0.4 is 15.4 Å². The van der Waals surface area contributed by atoms with Gasteiger partial charge in [0, 0.05) is 19.2 Å². The molecule has 0 radical (unpaired) electrons. The molecule has 0 bridgehead atoms. The van der Waals surface area contributed by atoms with Gasteiger partial charge < -0.3 is 15.4 Å². The van der Waals surface area contributed by atoms with Crippen LogP contribution in [0.3, 0.4) is 0 Å². The maximum Gasteiger partial charge on any atom is 0.215 e. The zero-order valence-corrected chi connectivity index (χ0v) is 8.53. The van der Waals surface area contributed by atoms with Crippen molar-refractivity contribution in [2.75, 3.05) is 24.8 Å². The fourth-order valence-electron chi connectivity index (χ4n) is 1.47. The van der Waals surface area contributed by atoms with Crippen LogP contribution in [0.4, 0.5) is 11.5 Å². The number of aromatic nitrogens is 1. The molecule has 0 aromatic carbocycles. The fourth-order valence-corrected chi connectivity index (χ4v) is 1.47. The van der Waals surface area contributed by atoms with Crippen LogP contribution in [0, 0.1) is 0 Å². The summed E-state index contributed by atoms with van der Waals surface area (Å²) in [5, 5.41) is 0. The van der Waals surface area contributed by atoms with E-state index < -0.39 is 0 Å². The van der Waals surface area contributed by atoms with E-state index >= 15 is 0 Å². The Morgan fingerprint density at radius 3 is 2.79 bits per heavy atom. The molecule has 1 aliphatic rings. The second-order valence-corrected chi connectivity index (χ2v) is 3.61. The predicted octanol–water partition coefficient (Wildman–Crippen LogP) is 1.27. The number of pyridine rings is 1. The van der Waals surface area contributed by atoms with Crippen molar-refractivity contribution in [2.45, 2.75) is 18.9 Å². The Bertz CT molecular complexity index is 336. The van der Waals surface area contributed by atoms with E-state index in [1.54, 1.807) is 13.2 Å². The molecule has 1 saturated carbocycles. The molecule has 0 unspecified atom stereocenters. The zero-order valence-electron chi connectivity index (χ0n) is 8.53. The molecule has 1 heterocycles. The lowest BCUT2D eigenvalue weighted by atomic mass is 10.3. The second kappa shape index (κ2) is 3.36. The van der Waals surface area contributed by atoms with Crippen molar-refractivity contribution in [1.82, 2.24) is 4.98 Å². The number of hydrogen-bond donors (Lipinski definition) is 1. The molecule has 1 aromatic heterocycles. The summed E-state index contributed by atoms with van der Waals surface area (Å²) >= 11 is 0. The van der Waals surface area contributed by atoms with Gasteiger partial charge in [-0.2, -0.15) is 4.98 Å². The van der Waals surface area contributed by atoms with Gasteiger partial charge in [0.15, 0.2) is 5.82 Å². The van der Waals surface area contributed by atoms with Crippen LogP contribution in [0.15, 0.2) is 12.1 Å². The molecular weight excluding hydrogens is 178 g/mol. The van der Waals surface area contributed by atoms with Crippen molar-refractivity contribution >= 4 is 11.5 Å². The Labute approximate surface area is 83.7 Å². The summed E-state index contributed by atoms with van der Waals surface area (Å²) in [6.45, 7) is 0. The van der Waals surface area contributed by atoms with E-state index in [1.165, 1.54) is 12.8 Å².